The first kappa shape index (κ1) is 16.6. The molecule has 6 heteroatoms. The first-order valence-corrected chi connectivity index (χ1v) is 8.58. The summed E-state index contributed by atoms with van der Waals surface area (Å²) in [5.41, 5.74) is 2.26. The second-order valence-corrected chi connectivity index (χ2v) is 6.47. The smallest absolute Gasteiger partial charge is 0.226 e. The lowest BCUT2D eigenvalue weighted by atomic mass is 10.2. The van der Waals surface area contributed by atoms with E-state index in [1.807, 2.05) is 29.6 Å². The molecule has 0 saturated carbocycles. The van der Waals surface area contributed by atoms with Crippen molar-refractivity contribution in [1.29, 1.82) is 0 Å². The lowest BCUT2D eigenvalue weighted by Crippen LogP contribution is -2.24. The number of thiazole rings is 1. The van der Waals surface area contributed by atoms with Crippen LogP contribution in [-0.4, -0.2) is 10.9 Å². The number of hydrogen-bond acceptors (Lipinski definition) is 3. The van der Waals surface area contributed by atoms with E-state index < -0.39 is 0 Å². The Morgan fingerprint density at radius 3 is 2.83 bits per heavy atom. The van der Waals surface area contributed by atoms with Gasteiger partial charge < -0.3 is 5.32 Å². The van der Waals surface area contributed by atoms with Gasteiger partial charge in [-0.05, 0) is 23.8 Å². The molecule has 2 aromatic carbocycles. The topological polar surface area (TPSA) is 42.0 Å². The van der Waals surface area contributed by atoms with Crippen molar-refractivity contribution in [3.8, 4) is 10.6 Å². The standard InChI is InChI=1S/C18H14ClFN2OS/c19-16-7-2-1-6-15(16)18-22-14(11-24-18)9-17(23)21-10-12-4-3-5-13(20)8-12/h1-8,11H,9-10H2,(H,21,23). The lowest BCUT2D eigenvalue weighted by Gasteiger charge is -2.04. The largest absolute Gasteiger partial charge is 0.352 e. The average molecular weight is 361 g/mol. The van der Waals surface area contributed by atoms with Crippen molar-refractivity contribution in [2.45, 2.75) is 13.0 Å². The quantitative estimate of drug-likeness (QED) is 0.729. The molecule has 3 rings (SSSR count). The molecule has 3 aromatic rings. The Morgan fingerprint density at radius 2 is 2.04 bits per heavy atom. The molecule has 0 saturated heterocycles. The number of aromatic nitrogens is 1. The zero-order valence-corrected chi connectivity index (χ0v) is 14.2. The Balaban J connectivity index is 1.60. The number of carbonyl (C=O) groups excluding carboxylic acids is 1. The summed E-state index contributed by atoms with van der Waals surface area (Å²) in [6, 6.07) is 13.6. The van der Waals surface area contributed by atoms with E-state index in [0.29, 0.717) is 10.7 Å². The van der Waals surface area contributed by atoms with Gasteiger partial charge >= 0.3 is 0 Å². The van der Waals surface area contributed by atoms with Gasteiger partial charge in [0.25, 0.3) is 0 Å². The van der Waals surface area contributed by atoms with Crippen LogP contribution in [0.2, 0.25) is 5.02 Å². The molecular weight excluding hydrogens is 347 g/mol. The molecule has 0 atom stereocenters. The number of amides is 1. The van der Waals surface area contributed by atoms with Crippen molar-refractivity contribution in [3.63, 3.8) is 0 Å². The highest BCUT2D eigenvalue weighted by Gasteiger charge is 2.11. The van der Waals surface area contributed by atoms with E-state index in [-0.39, 0.29) is 24.7 Å². The van der Waals surface area contributed by atoms with Crippen LogP contribution >= 0.6 is 22.9 Å². The van der Waals surface area contributed by atoms with Crippen LogP contribution in [0, 0.1) is 5.82 Å². The number of nitrogens with one attached hydrogen (secondary N) is 1. The fourth-order valence-electron chi connectivity index (χ4n) is 2.22. The van der Waals surface area contributed by atoms with Crippen LogP contribution < -0.4 is 5.32 Å². The van der Waals surface area contributed by atoms with Gasteiger partial charge in [0.15, 0.2) is 0 Å². The summed E-state index contributed by atoms with van der Waals surface area (Å²) in [5, 5.41) is 6.03. The third-order valence-corrected chi connectivity index (χ3v) is 4.63. The lowest BCUT2D eigenvalue weighted by molar-refractivity contribution is -0.120. The molecule has 1 aromatic heterocycles. The molecule has 0 spiro atoms. The Morgan fingerprint density at radius 1 is 1.21 bits per heavy atom. The fraction of sp³-hybridized carbons (Fsp3) is 0.111. The van der Waals surface area contributed by atoms with Crippen LogP contribution in [0.15, 0.2) is 53.9 Å². The van der Waals surface area contributed by atoms with Gasteiger partial charge in [0.2, 0.25) is 5.91 Å². The van der Waals surface area contributed by atoms with Gasteiger partial charge in [0, 0.05) is 17.5 Å². The number of hydrogen-bond donors (Lipinski definition) is 1. The molecule has 0 bridgehead atoms. The summed E-state index contributed by atoms with van der Waals surface area (Å²) in [4.78, 5) is 16.5. The van der Waals surface area contributed by atoms with E-state index in [9.17, 15) is 9.18 Å². The first-order chi connectivity index (χ1) is 11.6. The maximum Gasteiger partial charge on any atom is 0.226 e. The Labute approximate surface area is 148 Å². The molecule has 1 N–H and O–H groups in total. The SMILES string of the molecule is O=C(Cc1csc(-c2ccccc2Cl)n1)NCc1cccc(F)c1. The Hall–Kier alpha value is -2.24. The van der Waals surface area contributed by atoms with Crippen molar-refractivity contribution < 1.29 is 9.18 Å². The van der Waals surface area contributed by atoms with Crippen molar-refractivity contribution >= 4 is 28.8 Å². The van der Waals surface area contributed by atoms with Crippen molar-refractivity contribution in [1.82, 2.24) is 10.3 Å². The highest BCUT2D eigenvalue weighted by atomic mass is 35.5. The van der Waals surface area contributed by atoms with Gasteiger partial charge in [-0.3, -0.25) is 4.79 Å². The van der Waals surface area contributed by atoms with Crippen molar-refractivity contribution in [2.24, 2.45) is 0 Å². The number of nitrogens with zero attached hydrogens (tertiary/aromatic N) is 1. The van der Waals surface area contributed by atoms with Gasteiger partial charge in [-0.1, -0.05) is 41.9 Å². The summed E-state index contributed by atoms with van der Waals surface area (Å²) >= 11 is 7.61. The minimum Gasteiger partial charge on any atom is -0.352 e. The van der Waals surface area contributed by atoms with Crippen LogP contribution in [0.1, 0.15) is 11.3 Å². The zero-order valence-electron chi connectivity index (χ0n) is 12.6. The normalized spacial score (nSPS) is 10.6. The highest BCUT2D eigenvalue weighted by Crippen LogP contribution is 2.30. The van der Waals surface area contributed by atoms with Gasteiger partial charge in [-0.15, -0.1) is 11.3 Å². The average Bonchev–Trinajstić information content (AvgIpc) is 3.02. The maximum atomic E-state index is 13.1. The molecule has 0 aliphatic rings. The van der Waals surface area contributed by atoms with Crippen LogP contribution in [0.4, 0.5) is 4.39 Å². The van der Waals surface area contributed by atoms with E-state index in [4.69, 9.17) is 11.6 Å². The van der Waals surface area contributed by atoms with Gasteiger partial charge in [0.1, 0.15) is 10.8 Å². The minimum atomic E-state index is -0.314. The van der Waals surface area contributed by atoms with Crippen molar-refractivity contribution in [3.05, 3.63) is 76.0 Å². The van der Waals surface area contributed by atoms with Crippen LogP contribution in [0.3, 0.4) is 0 Å². The molecule has 1 amide bonds. The predicted molar refractivity (Wildman–Crippen MR) is 94.5 cm³/mol. The van der Waals surface area contributed by atoms with Gasteiger partial charge in [-0.2, -0.15) is 0 Å². The molecule has 122 valence electrons. The molecule has 0 aliphatic heterocycles. The van der Waals surface area contributed by atoms with Crippen LogP contribution in [0.25, 0.3) is 10.6 Å². The second-order valence-electron chi connectivity index (χ2n) is 5.21. The van der Waals surface area contributed by atoms with E-state index in [0.717, 1.165) is 16.1 Å². The maximum absolute atomic E-state index is 13.1. The molecule has 0 unspecified atom stereocenters. The number of carbonyl (C=O) groups is 1. The Bertz CT molecular complexity index is 865. The summed E-state index contributed by atoms with van der Waals surface area (Å²) in [5.74, 6) is -0.471. The summed E-state index contributed by atoms with van der Waals surface area (Å²) < 4.78 is 13.1. The summed E-state index contributed by atoms with van der Waals surface area (Å²) in [7, 11) is 0. The monoisotopic (exact) mass is 360 g/mol. The molecule has 3 nitrogen and oxygen atoms in total. The molecule has 0 fully saturated rings. The zero-order chi connectivity index (χ0) is 16.9. The predicted octanol–water partition coefficient (Wildman–Crippen LogP) is 4.46. The first-order valence-electron chi connectivity index (χ1n) is 7.32. The summed E-state index contributed by atoms with van der Waals surface area (Å²) in [6.07, 6.45) is 0.177. The number of rotatable bonds is 5. The summed E-state index contributed by atoms with van der Waals surface area (Å²) in [6.45, 7) is 0.290. The molecule has 1 heterocycles. The van der Waals surface area contributed by atoms with Gasteiger partial charge in [-0.25, -0.2) is 9.37 Å². The van der Waals surface area contributed by atoms with E-state index in [1.165, 1.54) is 23.5 Å². The van der Waals surface area contributed by atoms with E-state index in [1.54, 1.807) is 12.1 Å². The second kappa shape index (κ2) is 7.55. The molecule has 0 radical (unpaired) electrons. The van der Waals surface area contributed by atoms with E-state index >= 15 is 0 Å². The minimum absolute atomic E-state index is 0.157. The van der Waals surface area contributed by atoms with Crippen LogP contribution in [0.5, 0.6) is 0 Å². The Kier molecular flexibility index (Phi) is 5.23. The molecule has 24 heavy (non-hydrogen) atoms. The number of halogens is 2. The fourth-order valence-corrected chi connectivity index (χ4v) is 3.36. The van der Waals surface area contributed by atoms with Crippen molar-refractivity contribution in [2.75, 3.05) is 0 Å². The third-order valence-electron chi connectivity index (χ3n) is 3.38. The van der Waals surface area contributed by atoms with Crippen LogP contribution in [-0.2, 0) is 17.8 Å². The molecule has 0 aliphatic carbocycles. The highest BCUT2D eigenvalue weighted by molar-refractivity contribution is 7.13. The number of benzene rings is 2. The molecular formula is C18H14ClFN2OS. The van der Waals surface area contributed by atoms with E-state index in [2.05, 4.69) is 10.3 Å². The van der Waals surface area contributed by atoms with Gasteiger partial charge in [0.05, 0.1) is 17.1 Å². The third kappa shape index (κ3) is 4.19.